The van der Waals surface area contributed by atoms with E-state index in [1.165, 1.54) is 11.3 Å². The topological polar surface area (TPSA) is 74.6 Å². The zero-order valence-electron chi connectivity index (χ0n) is 12.0. The Morgan fingerprint density at radius 3 is 2.79 bits per heavy atom. The molecule has 0 radical (unpaired) electrons. The maximum absolute atomic E-state index is 11.8. The summed E-state index contributed by atoms with van der Waals surface area (Å²) in [6.45, 7) is 0. The molecule has 24 heavy (non-hydrogen) atoms. The molecule has 0 aliphatic carbocycles. The van der Waals surface area contributed by atoms with Gasteiger partial charge in [0, 0.05) is 38.2 Å². The third-order valence-electron chi connectivity index (χ3n) is 3.38. The van der Waals surface area contributed by atoms with Crippen molar-refractivity contribution in [3.8, 4) is 0 Å². The molecule has 0 bridgehead atoms. The van der Waals surface area contributed by atoms with E-state index >= 15 is 0 Å². The van der Waals surface area contributed by atoms with Crippen molar-refractivity contribution in [1.82, 2.24) is 10.3 Å². The number of hydrogen-bond acceptors (Lipinski definition) is 5. The minimum atomic E-state index is -1.06. The zero-order valence-corrected chi connectivity index (χ0v) is 15.9. The number of aromatic nitrogens is 1. The highest BCUT2D eigenvalue weighted by molar-refractivity contribution is 9.09. The Morgan fingerprint density at radius 2 is 2.21 bits per heavy atom. The summed E-state index contributed by atoms with van der Waals surface area (Å²) in [6.07, 6.45) is 1.67. The van der Waals surface area contributed by atoms with Crippen LogP contribution in [0, 0.1) is 0 Å². The second-order valence-electron chi connectivity index (χ2n) is 4.84. The van der Waals surface area contributed by atoms with Gasteiger partial charge >= 0.3 is 5.97 Å². The molecule has 2 aromatic rings. The van der Waals surface area contributed by atoms with Gasteiger partial charge in [-0.25, -0.2) is 9.78 Å². The molecular formula is C15H10BrCl2N3O2S. The summed E-state index contributed by atoms with van der Waals surface area (Å²) in [5.74, 6) is -0.546. The van der Waals surface area contributed by atoms with Crippen LogP contribution in [0.25, 0.3) is 0 Å². The maximum Gasteiger partial charge on any atom is 0.335 e. The van der Waals surface area contributed by atoms with E-state index in [1.54, 1.807) is 24.4 Å². The number of alkyl halides is 1. The van der Waals surface area contributed by atoms with E-state index in [0.29, 0.717) is 37.5 Å². The van der Waals surface area contributed by atoms with Crippen molar-refractivity contribution in [3.63, 3.8) is 0 Å². The highest BCUT2D eigenvalue weighted by Crippen LogP contribution is 2.37. The molecule has 0 spiro atoms. The number of aliphatic imine (C=N–C) groups is 1. The molecule has 1 atom stereocenters. The van der Waals surface area contributed by atoms with Crippen LogP contribution < -0.4 is 5.32 Å². The Balaban J connectivity index is 2.17. The molecule has 0 fully saturated rings. The van der Waals surface area contributed by atoms with E-state index in [2.05, 4.69) is 31.2 Å². The van der Waals surface area contributed by atoms with Gasteiger partial charge in [-0.15, -0.1) is 11.3 Å². The number of rotatable bonds is 4. The van der Waals surface area contributed by atoms with Crippen LogP contribution >= 0.6 is 50.5 Å². The highest BCUT2D eigenvalue weighted by atomic mass is 79.9. The van der Waals surface area contributed by atoms with Gasteiger partial charge in [0.1, 0.15) is 6.04 Å². The largest absolute Gasteiger partial charge is 0.478 e. The first kappa shape index (κ1) is 17.4. The van der Waals surface area contributed by atoms with E-state index in [1.807, 2.05) is 5.38 Å². The van der Waals surface area contributed by atoms with Crippen molar-refractivity contribution < 1.29 is 9.90 Å². The van der Waals surface area contributed by atoms with Gasteiger partial charge in [0.25, 0.3) is 0 Å². The fourth-order valence-electron chi connectivity index (χ4n) is 2.35. The molecule has 0 saturated heterocycles. The number of carboxylic acids is 1. The molecule has 1 unspecified atom stereocenters. The number of nitrogens with zero attached hydrogens (tertiary/aromatic N) is 2. The van der Waals surface area contributed by atoms with Crippen LogP contribution in [-0.4, -0.2) is 27.2 Å². The number of carboxylic acid groups (broad SMARTS) is 1. The lowest BCUT2D eigenvalue weighted by Gasteiger charge is -2.25. The number of hydrogen-bond donors (Lipinski definition) is 2. The molecule has 2 N–H and O–H groups in total. The minimum absolute atomic E-state index is 0.136. The summed E-state index contributed by atoms with van der Waals surface area (Å²) >= 11 is 17.0. The molecule has 9 heteroatoms. The molecule has 1 aliphatic heterocycles. The Kier molecular flexibility index (Phi) is 5.24. The number of thiazole rings is 1. The van der Waals surface area contributed by atoms with Crippen LogP contribution in [0.5, 0.6) is 0 Å². The Morgan fingerprint density at radius 1 is 1.42 bits per heavy atom. The van der Waals surface area contributed by atoms with Crippen LogP contribution in [0.15, 0.2) is 46.0 Å². The van der Waals surface area contributed by atoms with Crippen LogP contribution in [0.4, 0.5) is 0 Å². The monoisotopic (exact) mass is 445 g/mol. The number of halogens is 3. The number of allylic oxidation sites excluding steroid dienone is 1. The molecule has 0 amide bonds. The smallest absolute Gasteiger partial charge is 0.335 e. The van der Waals surface area contributed by atoms with E-state index < -0.39 is 12.0 Å². The standard InChI is InChI=1S/C15H10BrCl2N3O2S/c16-6-10-11(15(22)23)12(8-2-1-7(17)5-9(8)18)21-13(20-10)14-19-3-4-24-14/h1-5,12H,6H2,(H,20,21)(H,22,23). The van der Waals surface area contributed by atoms with Gasteiger partial charge in [-0.05, 0) is 12.1 Å². The second-order valence-corrected chi connectivity index (χ2v) is 7.14. The number of nitrogens with one attached hydrogen (secondary N) is 1. The number of carbonyl (C=O) groups is 1. The third kappa shape index (κ3) is 3.35. The quantitative estimate of drug-likeness (QED) is 0.687. The van der Waals surface area contributed by atoms with E-state index in [-0.39, 0.29) is 5.57 Å². The Labute approximate surface area is 160 Å². The lowest BCUT2D eigenvalue weighted by molar-refractivity contribution is -0.133. The zero-order chi connectivity index (χ0) is 17.3. The predicted octanol–water partition coefficient (Wildman–Crippen LogP) is 4.27. The van der Waals surface area contributed by atoms with Gasteiger partial charge in [-0.3, -0.25) is 4.99 Å². The summed E-state index contributed by atoms with van der Waals surface area (Å²) in [5, 5.41) is 16.4. The SMILES string of the molecule is O=C(O)C1=C(CBr)NC(c2nccs2)=NC1c1ccc(Cl)cc1Cl. The first-order chi connectivity index (χ1) is 11.5. The van der Waals surface area contributed by atoms with E-state index in [9.17, 15) is 9.90 Å². The molecule has 3 rings (SSSR count). The van der Waals surface area contributed by atoms with Gasteiger partial charge in [0.05, 0.1) is 5.57 Å². The average molecular weight is 447 g/mol. The minimum Gasteiger partial charge on any atom is -0.478 e. The summed E-state index contributed by atoms with van der Waals surface area (Å²) in [6, 6.07) is 4.18. The Hall–Kier alpha value is -1.41. The van der Waals surface area contributed by atoms with E-state index in [4.69, 9.17) is 23.2 Å². The number of amidine groups is 1. The van der Waals surface area contributed by atoms with Gasteiger partial charge < -0.3 is 10.4 Å². The van der Waals surface area contributed by atoms with Crippen molar-refractivity contribution in [2.75, 3.05) is 5.33 Å². The van der Waals surface area contributed by atoms with Crippen molar-refractivity contribution in [3.05, 3.63) is 61.7 Å². The summed E-state index contributed by atoms with van der Waals surface area (Å²) < 4.78 is 0. The van der Waals surface area contributed by atoms with Gasteiger partial charge in [0.2, 0.25) is 0 Å². The van der Waals surface area contributed by atoms with Gasteiger partial charge in [0.15, 0.2) is 10.8 Å². The maximum atomic E-state index is 11.8. The fraction of sp³-hybridized carbons (Fsp3) is 0.133. The van der Waals surface area contributed by atoms with E-state index in [0.717, 1.165) is 0 Å². The first-order valence-corrected chi connectivity index (χ1v) is 9.49. The third-order valence-corrected chi connectivity index (χ3v) is 5.29. The summed E-state index contributed by atoms with van der Waals surface area (Å²) in [5.41, 5.74) is 1.22. The molecule has 5 nitrogen and oxygen atoms in total. The molecule has 1 aromatic heterocycles. The highest BCUT2D eigenvalue weighted by Gasteiger charge is 2.32. The lowest BCUT2D eigenvalue weighted by atomic mass is 9.96. The van der Waals surface area contributed by atoms with Crippen LogP contribution in [0.3, 0.4) is 0 Å². The number of benzene rings is 1. The molecule has 1 aromatic carbocycles. The summed E-state index contributed by atoms with van der Waals surface area (Å²) in [4.78, 5) is 20.6. The predicted molar refractivity (Wildman–Crippen MR) is 99.4 cm³/mol. The molecule has 124 valence electrons. The van der Waals surface area contributed by atoms with Crippen LogP contribution in [-0.2, 0) is 4.79 Å². The van der Waals surface area contributed by atoms with Crippen molar-refractivity contribution in [2.24, 2.45) is 4.99 Å². The van der Waals surface area contributed by atoms with Crippen molar-refractivity contribution in [1.29, 1.82) is 0 Å². The van der Waals surface area contributed by atoms with Crippen LogP contribution in [0.1, 0.15) is 16.6 Å². The second kappa shape index (κ2) is 7.23. The summed E-state index contributed by atoms with van der Waals surface area (Å²) in [7, 11) is 0. The normalized spacial score (nSPS) is 17.5. The van der Waals surface area contributed by atoms with Crippen molar-refractivity contribution >= 4 is 62.3 Å². The molecule has 2 heterocycles. The average Bonchev–Trinajstić information content (AvgIpc) is 3.08. The number of aliphatic carboxylic acids is 1. The fourth-order valence-corrected chi connectivity index (χ4v) is 3.89. The molecule has 0 saturated carbocycles. The van der Waals surface area contributed by atoms with Gasteiger partial charge in [-0.2, -0.15) is 0 Å². The van der Waals surface area contributed by atoms with Crippen LogP contribution in [0.2, 0.25) is 10.0 Å². The molecule has 1 aliphatic rings. The molecular weight excluding hydrogens is 437 g/mol. The van der Waals surface area contributed by atoms with Crippen molar-refractivity contribution in [2.45, 2.75) is 6.04 Å². The first-order valence-electron chi connectivity index (χ1n) is 6.73. The lowest BCUT2D eigenvalue weighted by Crippen LogP contribution is -2.34. The van der Waals surface area contributed by atoms with Gasteiger partial charge in [-0.1, -0.05) is 45.2 Å². The Bertz CT molecular complexity index is 852.